The van der Waals surface area contributed by atoms with Crippen LogP contribution in [0.4, 0.5) is 8.78 Å². The van der Waals surface area contributed by atoms with Crippen molar-refractivity contribution in [2.45, 2.75) is 315 Å². The van der Waals surface area contributed by atoms with E-state index in [2.05, 4.69) is 33.4 Å². The number of hydrogen-bond donors (Lipinski definition) is 2. The van der Waals surface area contributed by atoms with Crippen LogP contribution in [0, 0.1) is 0 Å². The third kappa shape index (κ3) is 50.8. The van der Waals surface area contributed by atoms with Crippen LogP contribution in [-0.2, 0) is 38.2 Å². The first-order chi connectivity index (χ1) is 38.9. The number of carboxylic acids is 2. The van der Waals surface area contributed by atoms with E-state index in [1.54, 1.807) is 6.92 Å². The second kappa shape index (κ2) is 57.1. The van der Waals surface area contributed by atoms with Crippen LogP contribution in [0.1, 0.15) is 290 Å². The Kier molecular flexibility index (Phi) is 56.1. The van der Waals surface area contributed by atoms with Gasteiger partial charge < -0.3 is 39.3 Å². The highest BCUT2D eigenvalue weighted by Crippen LogP contribution is 2.24. The number of alkyl halides is 2. The minimum Gasteiger partial charge on any atom is -0.481 e. The first-order valence-electron chi connectivity index (χ1n) is 32.8. The van der Waals surface area contributed by atoms with Crippen molar-refractivity contribution < 1.29 is 57.2 Å². The van der Waals surface area contributed by atoms with E-state index in [-0.39, 0.29) is 55.7 Å². The van der Waals surface area contributed by atoms with Gasteiger partial charge in [-0.3, -0.25) is 19.2 Å². The van der Waals surface area contributed by atoms with Crippen molar-refractivity contribution in [3.63, 3.8) is 0 Å². The van der Waals surface area contributed by atoms with Gasteiger partial charge in [-0.15, -0.1) is 0 Å². The maximum Gasteiger partial charge on any atom is 0.340 e. The molecule has 0 fully saturated rings. The van der Waals surface area contributed by atoms with Gasteiger partial charge in [0.2, 0.25) is 11.8 Å². The molecule has 0 aromatic rings. The molecule has 0 rings (SSSR count). The fraction of sp³-hybridized carbons (Fsp3) is 0.908. The SMILES string of the molecule is CCCCCCCCCCC(CCCCCCC(=O)O)N(CCCCCC(F)C(=O)O)C(=O)CCCN(C)C.CCCCCCCCCCC(CCCCCCC(=O)OC)N(CCCCCC(F)C(=O)OCC)C(=O)CCCN(C)C. The molecule has 0 aromatic carbocycles. The molecule has 0 spiro atoms. The van der Waals surface area contributed by atoms with E-state index >= 15 is 0 Å². The molecule has 4 unspecified atom stereocenters. The molecule has 0 aromatic heterocycles. The first-order valence-corrected chi connectivity index (χ1v) is 32.8. The molecule has 0 saturated carbocycles. The Morgan fingerprint density at radius 3 is 1.07 bits per heavy atom. The van der Waals surface area contributed by atoms with Crippen molar-refractivity contribution in [3.8, 4) is 0 Å². The molecule has 16 heteroatoms. The summed E-state index contributed by atoms with van der Waals surface area (Å²) in [5.74, 6) is -2.67. The van der Waals surface area contributed by atoms with Crippen molar-refractivity contribution in [1.29, 1.82) is 0 Å². The number of amides is 2. The van der Waals surface area contributed by atoms with Crippen LogP contribution in [0.5, 0.6) is 0 Å². The van der Waals surface area contributed by atoms with Gasteiger partial charge in [-0.2, -0.15) is 0 Å². The highest BCUT2D eigenvalue weighted by Gasteiger charge is 2.25. The van der Waals surface area contributed by atoms with Gasteiger partial charge in [-0.1, -0.05) is 168 Å². The lowest BCUT2D eigenvalue weighted by Crippen LogP contribution is -2.41. The quantitative estimate of drug-likeness (QED) is 0.0436. The third-order valence-corrected chi connectivity index (χ3v) is 15.4. The fourth-order valence-corrected chi connectivity index (χ4v) is 10.5. The molecule has 0 aliphatic rings. The summed E-state index contributed by atoms with van der Waals surface area (Å²) in [6, 6.07) is 0.385. The van der Waals surface area contributed by atoms with Crippen LogP contribution >= 0.6 is 0 Å². The van der Waals surface area contributed by atoms with E-state index in [4.69, 9.17) is 19.7 Å². The van der Waals surface area contributed by atoms with E-state index in [0.717, 1.165) is 129 Å². The van der Waals surface area contributed by atoms with Gasteiger partial charge >= 0.3 is 23.9 Å². The third-order valence-electron chi connectivity index (χ3n) is 15.4. The molecular formula is C65H124F2N4O10. The summed E-state index contributed by atoms with van der Waals surface area (Å²) in [4.78, 5) is 79.8. The van der Waals surface area contributed by atoms with Crippen molar-refractivity contribution in [3.05, 3.63) is 0 Å². The van der Waals surface area contributed by atoms with Crippen LogP contribution < -0.4 is 0 Å². The molecule has 0 radical (unpaired) electrons. The van der Waals surface area contributed by atoms with Gasteiger partial charge in [0, 0.05) is 50.9 Å². The number of carbonyl (C=O) groups is 6. The number of rotatable bonds is 57. The summed E-state index contributed by atoms with van der Waals surface area (Å²) >= 11 is 0. The second-order valence-electron chi connectivity index (χ2n) is 23.4. The smallest absolute Gasteiger partial charge is 0.340 e. The predicted molar refractivity (Wildman–Crippen MR) is 327 cm³/mol. The summed E-state index contributed by atoms with van der Waals surface area (Å²) in [5, 5.41) is 17.7. The first kappa shape index (κ1) is 79.7. The van der Waals surface area contributed by atoms with E-state index in [0.29, 0.717) is 58.0 Å². The molecule has 0 heterocycles. The zero-order valence-electron chi connectivity index (χ0n) is 53.2. The van der Waals surface area contributed by atoms with Gasteiger partial charge in [0.05, 0.1) is 13.7 Å². The Labute approximate surface area is 493 Å². The lowest BCUT2D eigenvalue weighted by molar-refractivity contribution is -0.149. The van der Waals surface area contributed by atoms with E-state index in [1.807, 2.05) is 28.2 Å². The van der Waals surface area contributed by atoms with Gasteiger partial charge in [0.25, 0.3) is 0 Å². The second-order valence-corrected chi connectivity index (χ2v) is 23.4. The number of unbranched alkanes of at least 4 members (excludes halogenated alkanes) is 24. The summed E-state index contributed by atoms with van der Waals surface area (Å²) < 4.78 is 37.0. The average molecular weight is 1160 g/mol. The van der Waals surface area contributed by atoms with Crippen LogP contribution in [0.15, 0.2) is 0 Å². The van der Waals surface area contributed by atoms with E-state index in [1.165, 1.54) is 97.0 Å². The molecule has 81 heavy (non-hydrogen) atoms. The Morgan fingerprint density at radius 2 is 0.728 bits per heavy atom. The van der Waals surface area contributed by atoms with E-state index < -0.39 is 30.3 Å². The predicted octanol–water partition coefficient (Wildman–Crippen LogP) is 15.5. The topological polar surface area (TPSA) is 174 Å². The Morgan fingerprint density at radius 1 is 0.395 bits per heavy atom. The number of halogens is 2. The normalized spacial score (nSPS) is 12.8. The zero-order valence-corrected chi connectivity index (χ0v) is 53.2. The highest BCUT2D eigenvalue weighted by atomic mass is 19.1. The van der Waals surface area contributed by atoms with Gasteiger partial charge in [0.1, 0.15) is 0 Å². The monoisotopic (exact) mass is 1160 g/mol. The van der Waals surface area contributed by atoms with Crippen LogP contribution in [0.2, 0.25) is 0 Å². The minimum atomic E-state index is -1.82. The number of hydrogen-bond acceptors (Lipinski definition) is 10. The lowest BCUT2D eigenvalue weighted by atomic mass is 9.97. The van der Waals surface area contributed by atoms with E-state index in [9.17, 15) is 37.5 Å². The summed E-state index contributed by atoms with van der Waals surface area (Å²) in [7, 11) is 9.50. The maximum atomic E-state index is 14.0. The molecule has 2 amide bonds. The fourth-order valence-electron chi connectivity index (χ4n) is 10.5. The van der Waals surface area contributed by atoms with Crippen LogP contribution in [-0.4, -0.2) is 158 Å². The standard InChI is InChI=1S/C34H65FN2O5.C31H59FN2O5/c1-6-8-9-10-11-12-13-17-23-30(24-18-14-15-20-27-33(39)41-5)37(32(38)26-22-28-36(3)4)29-21-16-19-25-31(35)34(40)42-7-2;1-4-5-6-7-8-9-10-14-20-27(21-15-11-12-17-24-30(36)37)34(29(35)23-19-25-33(2)3)26-18-13-16-22-28(32)31(38)39/h30-31H,6-29H2,1-5H3;27-28H,4-26H2,1-3H3,(H,36,37)(H,38,39). The molecule has 2 N–H and O–H groups in total. The maximum absolute atomic E-state index is 14.0. The molecule has 14 nitrogen and oxygen atoms in total. The highest BCUT2D eigenvalue weighted by molar-refractivity contribution is 5.77. The molecule has 0 aliphatic heterocycles. The van der Waals surface area contributed by atoms with Gasteiger partial charge in [0.15, 0.2) is 12.3 Å². The average Bonchev–Trinajstić information content (AvgIpc) is 3.42. The number of nitrogens with zero attached hydrogens (tertiary/aromatic N) is 4. The van der Waals surface area contributed by atoms with Crippen LogP contribution in [0.3, 0.4) is 0 Å². The Bertz CT molecular complexity index is 1530. The molecule has 478 valence electrons. The van der Waals surface area contributed by atoms with Gasteiger partial charge in [-0.05, 0) is 138 Å². The van der Waals surface area contributed by atoms with Crippen molar-refractivity contribution in [2.24, 2.45) is 0 Å². The summed E-state index contributed by atoms with van der Waals surface area (Å²) in [6.07, 6.45) is 35.7. The number of carbonyl (C=O) groups excluding carboxylic acids is 4. The molecule has 0 aliphatic carbocycles. The molecule has 0 bridgehead atoms. The van der Waals surface area contributed by atoms with Crippen molar-refractivity contribution in [1.82, 2.24) is 19.6 Å². The number of ether oxygens (including phenoxy) is 2. The summed E-state index contributed by atoms with van der Waals surface area (Å²) in [6.45, 7) is 9.40. The zero-order chi connectivity index (χ0) is 60.7. The largest absolute Gasteiger partial charge is 0.481 e. The molecular weight excluding hydrogens is 1030 g/mol. The number of carboxylic acid groups (broad SMARTS) is 2. The lowest BCUT2D eigenvalue weighted by Gasteiger charge is -2.33. The molecule has 4 atom stereocenters. The van der Waals surface area contributed by atoms with Crippen molar-refractivity contribution in [2.75, 3.05) is 68.1 Å². The van der Waals surface area contributed by atoms with Crippen molar-refractivity contribution >= 4 is 35.7 Å². The number of aliphatic carboxylic acids is 2. The number of esters is 2. The Hall–Kier alpha value is -3.40. The number of methoxy groups -OCH3 is 1. The van der Waals surface area contributed by atoms with Crippen LogP contribution in [0.25, 0.3) is 0 Å². The Balaban J connectivity index is 0. The van der Waals surface area contributed by atoms with Gasteiger partial charge in [-0.25, -0.2) is 18.4 Å². The molecule has 0 saturated heterocycles. The summed E-state index contributed by atoms with van der Waals surface area (Å²) in [5.41, 5.74) is 0. The minimum absolute atomic E-state index is 0.0180.